The van der Waals surface area contributed by atoms with Crippen molar-refractivity contribution in [3.63, 3.8) is 0 Å². The maximum Gasteiger partial charge on any atom is 0.282 e. The van der Waals surface area contributed by atoms with Crippen molar-refractivity contribution in [2.24, 2.45) is 0 Å². The van der Waals surface area contributed by atoms with Crippen molar-refractivity contribution < 1.29 is 19.2 Å². The Kier molecular flexibility index (Phi) is 5.13. The number of nitro benzene ring substituents is 1. The minimum atomic E-state index is -0.854. The monoisotopic (exact) mass is 318 g/mol. The summed E-state index contributed by atoms with van der Waals surface area (Å²) in [6.45, 7) is 3.47. The quantitative estimate of drug-likeness (QED) is 0.629. The first kappa shape index (κ1) is 16.7. The molecule has 0 aliphatic rings. The summed E-state index contributed by atoms with van der Waals surface area (Å²) in [5, 5.41) is 23.7. The van der Waals surface area contributed by atoms with Gasteiger partial charge in [-0.05, 0) is 37.6 Å². The fourth-order valence-corrected chi connectivity index (χ4v) is 2.28. The van der Waals surface area contributed by atoms with Crippen molar-refractivity contribution in [1.29, 1.82) is 0 Å². The molecule has 0 aliphatic heterocycles. The number of carbonyl (C=O) groups is 1. The lowest BCUT2D eigenvalue weighted by atomic mass is 10.1. The van der Waals surface area contributed by atoms with E-state index in [9.17, 15) is 20.0 Å². The van der Waals surface area contributed by atoms with Crippen LogP contribution in [0.3, 0.4) is 0 Å². The first-order valence-electron chi connectivity index (χ1n) is 7.16. The molecule has 2 rings (SSSR count). The Morgan fingerprint density at radius 1 is 1.43 bits per heavy atom. The lowest BCUT2D eigenvalue weighted by Crippen LogP contribution is -2.34. The maximum atomic E-state index is 12.3. The molecule has 122 valence electrons. The van der Waals surface area contributed by atoms with Gasteiger partial charge in [0.1, 0.15) is 17.4 Å². The number of furan rings is 1. The van der Waals surface area contributed by atoms with Crippen molar-refractivity contribution in [2.75, 3.05) is 0 Å². The number of hydrogen-bond acceptors (Lipinski definition) is 5. The smallest absolute Gasteiger partial charge is 0.282 e. The molecule has 0 fully saturated rings. The molecule has 7 heteroatoms. The second-order valence-corrected chi connectivity index (χ2v) is 5.42. The summed E-state index contributed by atoms with van der Waals surface area (Å²) >= 11 is 0. The predicted octanol–water partition coefficient (Wildman–Crippen LogP) is 2.74. The summed E-state index contributed by atoms with van der Waals surface area (Å²) in [5.41, 5.74) is 0.519. The summed E-state index contributed by atoms with van der Waals surface area (Å²) in [6.07, 6.45) is 0.837. The number of benzene rings is 1. The summed E-state index contributed by atoms with van der Waals surface area (Å²) in [7, 11) is 0. The number of aliphatic hydroxyl groups is 1. The number of rotatable bonds is 6. The van der Waals surface area contributed by atoms with Crippen LogP contribution in [0.4, 0.5) is 5.69 Å². The van der Waals surface area contributed by atoms with Gasteiger partial charge in [-0.15, -0.1) is 0 Å². The molecule has 2 atom stereocenters. The zero-order chi connectivity index (χ0) is 17.0. The molecule has 23 heavy (non-hydrogen) atoms. The van der Waals surface area contributed by atoms with E-state index in [1.165, 1.54) is 18.4 Å². The van der Waals surface area contributed by atoms with Crippen LogP contribution in [0.2, 0.25) is 0 Å². The maximum absolute atomic E-state index is 12.3. The van der Waals surface area contributed by atoms with Gasteiger partial charge in [0.05, 0.1) is 11.2 Å². The molecule has 0 bridgehead atoms. The minimum absolute atomic E-state index is 0.00865. The zero-order valence-electron chi connectivity index (χ0n) is 12.9. The van der Waals surface area contributed by atoms with Crippen LogP contribution >= 0.6 is 0 Å². The van der Waals surface area contributed by atoms with Gasteiger partial charge in [0, 0.05) is 18.5 Å². The number of nitrogens with one attached hydrogen (secondary N) is 1. The molecule has 1 heterocycles. The average Bonchev–Trinajstić information content (AvgIpc) is 3.00. The molecule has 2 N–H and O–H groups in total. The fourth-order valence-electron chi connectivity index (χ4n) is 2.28. The van der Waals surface area contributed by atoms with E-state index in [0.717, 1.165) is 5.56 Å². The van der Waals surface area contributed by atoms with E-state index in [0.29, 0.717) is 5.76 Å². The Morgan fingerprint density at radius 3 is 2.78 bits per heavy atom. The Balaban J connectivity index is 2.07. The first-order chi connectivity index (χ1) is 10.9. The van der Waals surface area contributed by atoms with Gasteiger partial charge in [0.2, 0.25) is 0 Å². The van der Waals surface area contributed by atoms with E-state index in [1.807, 2.05) is 0 Å². The SMILES string of the molecule is Cc1ccc([N+](=O)[O-])c(C(=O)N[C@@H](C)C[C@H](O)c2ccco2)c1. The van der Waals surface area contributed by atoms with Crippen molar-refractivity contribution in [3.05, 3.63) is 63.6 Å². The third-order valence-corrected chi connectivity index (χ3v) is 3.42. The van der Waals surface area contributed by atoms with Crippen molar-refractivity contribution in [1.82, 2.24) is 5.32 Å². The first-order valence-corrected chi connectivity index (χ1v) is 7.16. The Bertz CT molecular complexity index is 697. The van der Waals surface area contributed by atoms with Gasteiger partial charge in [-0.3, -0.25) is 14.9 Å². The number of carbonyl (C=O) groups excluding carboxylic acids is 1. The molecule has 0 radical (unpaired) electrons. The Morgan fingerprint density at radius 2 is 2.17 bits per heavy atom. The highest BCUT2D eigenvalue weighted by Crippen LogP contribution is 2.21. The van der Waals surface area contributed by atoms with Gasteiger partial charge >= 0.3 is 0 Å². The van der Waals surface area contributed by atoms with Crippen molar-refractivity contribution in [3.8, 4) is 0 Å². The molecular weight excluding hydrogens is 300 g/mol. The predicted molar refractivity (Wildman–Crippen MR) is 83.0 cm³/mol. The van der Waals surface area contributed by atoms with Crippen molar-refractivity contribution >= 4 is 11.6 Å². The normalized spacial score (nSPS) is 13.3. The highest BCUT2D eigenvalue weighted by atomic mass is 16.6. The highest BCUT2D eigenvalue weighted by molar-refractivity contribution is 5.98. The molecule has 7 nitrogen and oxygen atoms in total. The third-order valence-electron chi connectivity index (χ3n) is 3.42. The molecule has 0 saturated heterocycles. The lowest BCUT2D eigenvalue weighted by Gasteiger charge is -2.17. The Hall–Kier alpha value is -2.67. The number of nitrogens with zero attached hydrogens (tertiary/aromatic N) is 1. The summed E-state index contributed by atoms with van der Waals surface area (Å²) in [4.78, 5) is 22.7. The lowest BCUT2D eigenvalue weighted by molar-refractivity contribution is -0.385. The minimum Gasteiger partial charge on any atom is -0.467 e. The molecule has 0 saturated carbocycles. The van der Waals surface area contributed by atoms with Crippen molar-refractivity contribution in [2.45, 2.75) is 32.4 Å². The van der Waals surface area contributed by atoms with Crippen LogP contribution in [0.15, 0.2) is 41.0 Å². The number of hydrogen-bond donors (Lipinski definition) is 2. The summed E-state index contributed by atoms with van der Waals surface area (Å²) < 4.78 is 5.10. The molecule has 2 aromatic rings. The molecular formula is C16H18N2O5. The summed E-state index contributed by atoms with van der Waals surface area (Å²) in [6, 6.07) is 7.29. The van der Waals surface area contributed by atoms with E-state index in [4.69, 9.17) is 4.42 Å². The fraction of sp³-hybridized carbons (Fsp3) is 0.312. The molecule has 1 amide bonds. The number of aryl methyl sites for hydroxylation is 1. The van der Waals surface area contributed by atoms with E-state index in [2.05, 4.69) is 5.32 Å². The van der Waals surface area contributed by atoms with Gasteiger partial charge in [-0.2, -0.15) is 0 Å². The van der Waals surface area contributed by atoms with Crippen LogP contribution in [0.1, 0.15) is 41.1 Å². The van der Waals surface area contributed by atoms with Crippen LogP contribution in [0.5, 0.6) is 0 Å². The third kappa shape index (κ3) is 4.17. The van der Waals surface area contributed by atoms with E-state index in [1.54, 1.807) is 32.0 Å². The van der Waals surface area contributed by atoms with Gasteiger partial charge in [-0.25, -0.2) is 0 Å². The number of nitro groups is 1. The summed E-state index contributed by atoms with van der Waals surface area (Å²) in [5.74, 6) is -0.132. The van der Waals surface area contributed by atoms with Gasteiger partial charge in [0.25, 0.3) is 11.6 Å². The molecule has 1 aromatic heterocycles. The number of aliphatic hydroxyl groups excluding tert-OH is 1. The molecule has 0 aliphatic carbocycles. The van der Waals surface area contributed by atoms with Gasteiger partial charge in [0.15, 0.2) is 0 Å². The molecule has 0 unspecified atom stereocenters. The van der Waals surface area contributed by atoms with E-state index >= 15 is 0 Å². The zero-order valence-corrected chi connectivity index (χ0v) is 12.9. The second-order valence-electron chi connectivity index (χ2n) is 5.42. The largest absolute Gasteiger partial charge is 0.467 e. The van der Waals surface area contributed by atoms with Crippen LogP contribution in [0, 0.1) is 17.0 Å². The van der Waals surface area contributed by atoms with Crippen LogP contribution < -0.4 is 5.32 Å². The molecule has 0 spiro atoms. The van der Waals surface area contributed by atoms with Crippen LogP contribution in [0.25, 0.3) is 0 Å². The average molecular weight is 318 g/mol. The highest BCUT2D eigenvalue weighted by Gasteiger charge is 2.22. The molecule has 1 aromatic carbocycles. The van der Waals surface area contributed by atoms with Crippen LogP contribution in [-0.2, 0) is 0 Å². The Labute approximate surface area is 133 Å². The second kappa shape index (κ2) is 7.06. The number of amides is 1. The van der Waals surface area contributed by atoms with Gasteiger partial charge in [-0.1, -0.05) is 6.07 Å². The van der Waals surface area contributed by atoms with Crippen LogP contribution in [-0.4, -0.2) is 22.0 Å². The standard InChI is InChI=1S/C16H18N2O5/c1-10-5-6-13(18(21)22)12(8-10)16(20)17-11(2)9-14(19)15-4-3-7-23-15/h3-8,11,14,19H,9H2,1-2H3,(H,17,20)/t11-,14-/m0/s1. The van der Waals surface area contributed by atoms with Gasteiger partial charge < -0.3 is 14.8 Å². The topological polar surface area (TPSA) is 106 Å². The van der Waals surface area contributed by atoms with E-state index in [-0.39, 0.29) is 23.7 Å². The van der Waals surface area contributed by atoms with E-state index < -0.39 is 16.9 Å².